The second-order valence-electron chi connectivity index (χ2n) is 7.36. The van der Waals surface area contributed by atoms with Gasteiger partial charge in [-0.1, -0.05) is 41.9 Å². The number of amides is 1. The van der Waals surface area contributed by atoms with Gasteiger partial charge in [-0.2, -0.15) is 31.4 Å². The van der Waals surface area contributed by atoms with Crippen LogP contribution in [0.2, 0.25) is 5.02 Å². The van der Waals surface area contributed by atoms with E-state index in [-0.39, 0.29) is 16.7 Å². The lowest BCUT2D eigenvalue weighted by Crippen LogP contribution is -2.35. The first-order valence-corrected chi connectivity index (χ1v) is 10.7. The highest BCUT2D eigenvalue weighted by molar-refractivity contribution is 9.10. The molecule has 0 bridgehead atoms. The molecule has 3 heterocycles. The van der Waals surface area contributed by atoms with Crippen molar-refractivity contribution in [1.82, 2.24) is 14.8 Å². The number of halogens is 8. The van der Waals surface area contributed by atoms with E-state index in [2.05, 4.69) is 36.6 Å². The van der Waals surface area contributed by atoms with E-state index in [1.807, 2.05) is 0 Å². The highest BCUT2D eigenvalue weighted by atomic mass is 79.9. The molecular weight excluding hydrogens is 556 g/mol. The lowest BCUT2D eigenvalue weighted by molar-refractivity contribution is -0.173. The van der Waals surface area contributed by atoms with Crippen molar-refractivity contribution in [2.45, 2.75) is 30.9 Å². The molecule has 2 aromatic heterocycles. The molecule has 180 valence electrons. The summed E-state index contributed by atoms with van der Waals surface area (Å²) >= 11 is 8.93. The van der Waals surface area contributed by atoms with Gasteiger partial charge in [-0.05, 0) is 27.6 Å². The summed E-state index contributed by atoms with van der Waals surface area (Å²) < 4.78 is 80.6. The molecule has 0 saturated heterocycles. The van der Waals surface area contributed by atoms with Crippen LogP contribution in [0.1, 0.15) is 40.1 Å². The number of nitrogens with one attached hydrogen (secondary N) is 2. The molecule has 2 N–H and O–H groups in total. The van der Waals surface area contributed by atoms with E-state index in [9.17, 15) is 31.1 Å². The van der Waals surface area contributed by atoms with Crippen molar-refractivity contribution < 1.29 is 31.1 Å². The lowest BCUT2D eigenvalue weighted by atomic mass is 9.97. The summed E-state index contributed by atoms with van der Waals surface area (Å²) in [6.45, 7) is 0. The number of hydrogen-bond donors (Lipinski definition) is 2. The summed E-state index contributed by atoms with van der Waals surface area (Å²) in [7, 11) is 0. The van der Waals surface area contributed by atoms with Crippen LogP contribution in [0.15, 0.2) is 47.1 Å². The number of fused-ring (bicyclic) bond motifs is 1. The van der Waals surface area contributed by atoms with Crippen LogP contribution in [0, 0.1) is 0 Å². The van der Waals surface area contributed by atoms with Gasteiger partial charge in [-0.3, -0.25) is 4.79 Å². The molecule has 34 heavy (non-hydrogen) atoms. The molecule has 0 radical (unpaired) electrons. The number of hydrogen-bond acceptors (Lipinski definition) is 4. The van der Waals surface area contributed by atoms with Gasteiger partial charge in [0.2, 0.25) is 0 Å². The number of carbonyl (C=O) groups is 1. The van der Waals surface area contributed by atoms with E-state index in [0.29, 0.717) is 22.5 Å². The maximum absolute atomic E-state index is 13.9. The van der Waals surface area contributed by atoms with Gasteiger partial charge in [0.05, 0.1) is 21.1 Å². The highest BCUT2D eigenvalue weighted by Gasteiger charge is 2.47. The molecule has 1 aromatic carbocycles. The molecule has 0 spiro atoms. The highest BCUT2D eigenvalue weighted by Crippen LogP contribution is 2.46. The van der Waals surface area contributed by atoms with E-state index < -0.39 is 52.4 Å². The molecule has 3 aromatic rings. The number of nitrogens with zero attached hydrogens (tertiary/aromatic N) is 3. The normalized spacial score (nSPS) is 18.2. The van der Waals surface area contributed by atoms with Crippen LogP contribution in [-0.2, 0) is 6.18 Å². The number of pyridine rings is 1. The molecule has 0 fully saturated rings. The van der Waals surface area contributed by atoms with Crippen LogP contribution < -0.4 is 10.6 Å². The maximum Gasteiger partial charge on any atom is 0.417 e. The topological polar surface area (TPSA) is 71.8 Å². The van der Waals surface area contributed by atoms with Crippen LogP contribution in [-0.4, -0.2) is 26.8 Å². The molecule has 1 amide bonds. The van der Waals surface area contributed by atoms with E-state index in [1.165, 1.54) is 0 Å². The van der Waals surface area contributed by atoms with Gasteiger partial charge in [-0.25, -0.2) is 9.67 Å². The molecule has 0 unspecified atom stereocenters. The maximum atomic E-state index is 13.9. The quantitative estimate of drug-likeness (QED) is 0.348. The van der Waals surface area contributed by atoms with E-state index in [1.54, 1.807) is 30.3 Å². The predicted octanol–water partition coefficient (Wildman–Crippen LogP) is 6.63. The van der Waals surface area contributed by atoms with Crippen LogP contribution in [0.25, 0.3) is 0 Å². The molecule has 1 aliphatic rings. The van der Waals surface area contributed by atoms with Crippen LogP contribution in [0.3, 0.4) is 0 Å². The Balaban J connectivity index is 1.67. The fourth-order valence-electron chi connectivity index (χ4n) is 3.49. The SMILES string of the molecule is O=C(Nc1ncc(C(F)(F)F)cc1Cl)c1nn2c(c1Br)N[C@@H](c1ccccc1)C[C@H]2C(F)(F)F. The minimum Gasteiger partial charge on any atom is -0.362 e. The summed E-state index contributed by atoms with van der Waals surface area (Å²) in [6.07, 6.45) is -9.26. The predicted molar refractivity (Wildman–Crippen MR) is 115 cm³/mol. The van der Waals surface area contributed by atoms with Gasteiger partial charge in [0, 0.05) is 12.6 Å². The van der Waals surface area contributed by atoms with Crippen molar-refractivity contribution in [3.8, 4) is 0 Å². The minimum absolute atomic E-state index is 0.0529. The molecular formula is C20H13BrClF6N5O. The van der Waals surface area contributed by atoms with Crippen molar-refractivity contribution in [2.75, 3.05) is 10.6 Å². The Bertz CT molecular complexity index is 1230. The van der Waals surface area contributed by atoms with Crippen LogP contribution >= 0.6 is 27.5 Å². The van der Waals surface area contributed by atoms with Crippen molar-refractivity contribution in [2.24, 2.45) is 0 Å². The first kappa shape index (κ1) is 24.3. The number of carbonyl (C=O) groups excluding carboxylic acids is 1. The number of aromatic nitrogens is 3. The van der Waals surface area contributed by atoms with Gasteiger partial charge in [0.25, 0.3) is 5.91 Å². The van der Waals surface area contributed by atoms with Crippen molar-refractivity contribution in [3.63, 3.8) is 0 Å². The monoisotopic (exact) mass is 567 g/mol. The van der Waals surface area contributed by atoms with Crippen molar-refractivity contribution in [1.29, 1.82) is 0 Å². The summed E-state index contributed by atoms with van der Waals surface area (Å²) in [5.41, 5.74) is -0.940. The zero-order valence-corrected chi connectivity index (χ0v) is 19.0. The first-order valence-electron chi connectivity index (χ1n) is 9.56. The number of alkyl halides is 6. The summed E-state index contributed by atoms with van der Waals surface area (Å²) in [5.74, 6) is -1.49. The molecule has 2 atom stereocenters. The summed E-state index contributed by atoms with van der Waals surface area (Å²) in [5, 5.41) is 8.48. The van der Waals surface area contributed by atoms with Crippen LogP contribution in [0.4, 0.5) is 38.0 Å². The van der Waals surface area contributed by atoms with Crippen molar-refractivity contribution >= 4 is 45.1 Å². The molecule has 0 aliphatic carbocycles. The van der Waals surface area contributed by atoms with E-state index in [0.717, 1.165) is 0 Å². The number of anilines is 2. The third kappa shape index (κ3) is 4.71. The van der Waals surface area contributed by atoms with Gasteiger partial charge in [0.1, 0.15) is 5.82 Å². The average molecular weight is 569 g/mol. The zero-order chi connectivity index (χ0) is 24.8. The molecule has 4 rings (SSSR count). The smallest absolute Gasteiger partial charge is 0.362 e. The minimum atomic E-state index is -4.70. The number of rotatable bonds is 3. The Labute approximate surface area is 201 Å². The Morgan fingerprint density at radius 1 is 1.18 bits per heavy atom. The van der Waals surface area contributed by atoms with E-state index >= 15 is 0 Å². The molecule has 14 heteroatoms. The van der Waals surface area contributed by atoms with Crippen molar-refractivity contribution in [3.05, 3.63) is 68.9 Å². The van der Waals surface area contributed by atoms with Gasteiger partial charge in [-0.15, -0.1) is 0 Å². The van der Waals surface area contributed by atoms with Gasteiger partial charge in [0.15, 0.2) is 17.6 Å². The Hall–Kier alpha value is -2.80. The number of benzene rings is 1. The zero-order valence-electron chi connectivity index (χ0n) is 16.7. The standard InChI is InChI=1S/C20H13BrClF6N5O/c21-14-15(18(34)31-16-11(22)6-10(8-29-16)19(23,24)25)32-33-13(20(26,27)28)7-12(30-17(14)33)9-4-2-1-3-5-9/h1-6,8,12-13,30H,7H2,(H,29,31,34)/t12-,13+/m1/s1. The molecule has 1 aliphatic heterocycles. The molecule has 6 nitrogen and oxygen atoms in total. The average Bonchev–Trinajstić information content (AvgIpc) is 3.10. The van der Waals surface area contributed by atoms with E-state index in [4.69, 9.17) is 11.6 Å². The molecule has 0 saturated carbocycles. The third-order valence-electron chi connectivity index (χ3n) is 5.11. The fourth-order valence-corrected chi connectivity index (χ4v) is 4.26. The summed E-state index contributed by atoms with van der Waals surface area (Å²) in [4.78, 5) is 16.2. The Morgan fingerprint density at radius 2 is 1.85 bits per heavy atom. The first-order chi connectivity index (χ1) is 15.9. The van der Waals surface area contributed by atoms with Crippen LogP contribution in [0.5, 0.6) is 0 Å². The summed E-state index contributed by atoms with van der Waals surface area (Å²) in [6, 6.07) is 6.31. The fraction of sp³-hybridized carbons (Fsp3) is 0.250. The largest absolute Gasteiger partial charge is 0.417 e. The third-order valence-corrected chi connectivity index (χ3v) is 6.15. The van der Waals surface area contributed by atoms with Gasteiger partial charge >= 0.3 is 12.4 Å². The van der Waals surface area contributed by atoms with Gasteiger partial charge < -0.3 is 10.6 Å². The Kier molecular flexibility index (Phi) is 6.27. The second kappa shape index (κ2) is 8.77. The lowest BCUT2D eigenvalue weighted by Gasteiger charge is -2.33. The Morgan fingerprint density at radius 3 is 2.44 bits per heavy atom. The second-order valence-corrected chi connectivity index (χ2v) is 8.56.